The first-order valence-corrected chi connectivity index (χ1v) is 7.30. The summed E-state index contributed by atoms with van der Waals surface area (Å²) in [4.78, 5) is 3.32. The third kappa shape index (κ3) is 2.25. The largest absolute Gasteiger partial charge is 0.354 e. The number of aromatic amines is 1. The Morgan fingerprint density at radius 3 is 2.37 bits per heavy atom. The Bertz CT molecular complexity index is 836. The number of benzene rings is 2. The van der Waals surface area contributed by atoms with E-state index in [1.54, 1.807) is 12.1 Å². The molecular formula is C14H12N2O2S. The topological polar surface area (TPSA) is 76.0 Å². The normalized spacial score (nSPS) is 11.8. The second kappa shape index (κ2) is 4.22. The van der Waals surface area contributed by atoms with Crippen molar-refractivity contribution in [2.75, 3.05) is 0 Å². The fraction of sp³-hybridized carbons (Fsp3) is 0. The lowest BCUT2D eigenvalue weighted by molar-refractivity contribution is 0.598. The van der Waals surface area contributed by atoms with E-state index in [9.17, 15) is 8.42 Å². The molecule has 19 heavy (non-hydrogen) atoms. The minimum atomic E-state index is -3.67. The first-order valence-electron chi connectivity index (χ1n) is 5.75. The Kier molecular flexibility index (Phi) is 2.66. The van der Waals surface area contributed by atoms with Gasteiger partial charge in [-0.1, -0.05) is 36.4 Å². The minimum Gasteiger partial charge on any atom is -0.354 e. The van der Waals surface area contributed by atoms with Gasteiger partial charge in [-0.25, -0.2) is 13.6 Å². The van der Waals surface area contributed by atoms with Gasteiger partial charge in [0.25, 0.3) is 0 Å². The SMILES string of the molecule is NS(=O)(=O)c1ccc2cc(-c3ccccc3)[nH]c2c1. The number of rotatable bonds is 2. The molecule has 0 radical (unpaired) electrons. The molecular weight excluding hydrogens is 260 g/mol. The smallest absolute Gasteiger partial charge is 0.238 e. The lowest BCUT2D eigenvalue weighted by Crippen LogP contribution is -2.11. The molecule has 0 saturated heterocycles. The van der Waals surface area contributed by atoms with Crippen LogP contribution in [0.3, 0.4) is 0 Å². The molecule has 2 aromatic carbocycles. The molecule has 5 heteroatoms. The van der Waals surface area contributed by atoms with Gasteiger partial charge in [0.05, 0.1) is 4.90 Å². The summed E-state index contributed by atoms with van der Waals surface area (Å²) in [6, 6.07) is 16.6. The van der Waals surface area contributed by atoms with Crippen molar-refractivity contribution in [3.8, 4) is 11.3 Å². The monoisotopic (exact) mass is 272 g/mol. The van der Waals surface area contributed by atoms with Gasteiger partial charge in [0.15, 0.2) is 0 Å². The zero-order valence-corrected chi connectivity index (χ0v) is 10.8. The van der Waals surface area contributed by atoms with Crippen molar-refractivity contribution in [3.63, 3.8) is 0 Å². The molecule has 0 bridgehead atoms. The van der Waals surface area contributed by atoms with Crippen molar-refractivity contribution in [1.29, 1.82) is 0 Å². The van der Waals surface area contributed by atoms with Gasteiger partial charge in [0.2, 0.25) is 10.0 Å². The third-order valence-corrected chi connectivity index (χ3v) is 3.92. The van der Waals surface area contributed by atoms with Crippen molar-refractivity contribution >= 4 is 20.9 Å². The van der Waals surface area contributed by atoms with E-state index in [2.05, 4.69) is 4.98 Å². The highest BCUT2D eigenvalue weighted by Crippen LogP contribution is 2.25. The summed E-state index contributed by atoms with van der Waals surface area (Å²) in [6.45, 7) is 0. The van der Waals surface area contributed by atoms with E-state index in [1.165, 1.54) is 6.07 Å². The van der Waals surface area contributed by atoms with Crippen molar-refractivity contribution in [1.82, 2.24) is 4.98 Å². The molecule has 0 saturated carbocycles. The molecule has 0 fully saturated rings. The molecule has 0 spiro atoms. The second-order valence-electron chi connectivity index (χ2n) is 4.34. The predicted octanol–water partition coefficient (Wildman–Crippen LogP) is 2.48. The van der Waals surface area contributed by atoms with Crippen LogP contribution >= 0.6 is 0 Å². The van der Waals surface area contributed by atoms with E-state index in [0.29, 0.717) is 0 Å². The Balaban J connectivity index is 2.17. The average molecular weight is 272 g/mol. The predicted molar refractivity (Wildman–Crippen MR) is 75.1 cm³/mol. The van der Waals surface area contributed by atoms with Gasteiger partial charge in [-0.05, 0) is 23.8 Å². The van der Waals surface area contributed by atoms with Gasteiger partial charge in [-0.2, -0.15) is 0 Å². The van der Waals surface area contributed by atoms with Gasteiger partial charge in [0, 0.05) is 16.6 Å². The summed E-state index contributed by atoms with van der Waals surface area (Å²) >= 11 is 0. The van der Waals surface area contributed by atoms with E-state index < -0.39 is 10.0 Å². The highest BCUT2D eigenvalue weighted by molar-refractivity contribution is 7.89. The van der Waals surface area contributed by atoms with E-state index in [0.717, 1.165) is 22.2 Å². The molecule has 0 amide bonds. The number of fused-ring (bicyclic) bond motifs is 1. The van der Waals surface area contributed by atoms with Crippen LogP contribution in [0.25, 0.3) is 22.2 Å². The van der Waals surface area contributed by atoms with Crippen LogP contribution in [-0.2, 0) is 10.0 Å². The average Bonchev–Trinajstić information content (AvgIpc) is 2.81. The number of aromatic nitrogens is 1. The van der Waals surface area contributed by atoms with Crippen LogP contribution in [-0.4, -0.2) is 13.4 Å². The number of hydrogen-bond donors (Lipinski definition) is 2. The maximum Gasteiger partial charge on any atom is 0.238 e. The molecule has 1 aromatic heterocycles. The number of hydrogen-bond acceptors (Lipinski definition) is 2. The number of nitrogens with two attached hydrogens (primary N) is 1. The first-order chi connectivity index (χ1) is 9.04. The molecule has 4 nitrogen and oxygen atoms in total. The summed E-state index contributed by atoms with van der Waals surface area (Å²) in [5.41, 5.74) is 2.75. The van der Waals surface area contributed by atoms with Crippen molar-refractivity contribution in [2.45, 2.75) is 4.90 Å². The van der Waals surface area contributed by atoms with Gasteiger partial charge < -0.3 is 4.98 Å². The molecule has 3 rings (SSSR count). The Labute approximate surface area is 110 Å². The van der Waals surface area contributed by atoms with Crippen LogP contribution in [0.4, 0.5) is 0 Å². The Hall–Kier alpha value is -2.11. The summed E-state index contributed by atoms with van der Waals surface area (Å²) in [7, 11) is -3.67. The van der Waals surface area contributed by atoms with Gasteiger partial charge in [-0.15, -0.1) is 0 Å². The molecule has 1 heterocycles. The number of sulfonamides is 1. The van der Waals surface area contributed by atoms with Gasteiger partial charge >= 0.3 is 0 Å². The van der Waals surface area contributed by atoms with Gasteiger partial charge in [-0.3, -0.25) is 0 Å². The number of H-pyrrole nitrogens is 1. The van der Waals surface area contributed by atoms with Crippen LogP contribution in [0.5, 0.6) is 0 Å². The van der Waals surface area contributed by atoms with Crippen LogP contribution in [0.15, 0.2) is 59.5 Å². The molecule has 0 atom stereocenters. The fourth-order valence-electron chi connectivity index (χ4n) is 2.06. The summed E-state index contributed by atoms with van der Waals surface area (Å²) < 4.78 is 22.6. The molecule has 0 unspecified atom stereocenters. The summed E-state index contributed by atoms with van der Waals surface area (Å²) in [5.74, 6) is 0. The molecule has 96 valence electrons. The van der Waals surface area contributed by atoms with Crippen molar-refractivity contribution in [2.24, 2.45) is 5.14 Å². The first kappa shape index (κ1) is 12.0. The second-order valence-corrected chi connectivity index (χ2v) is 5.90. The summed E-state index contributed by atoms with van der Waals surface area (Å²) in [5, 5.41) is 6.07. The molecule has 0 aliphatic carbocycles. The van der Waals surface area contributed by atoms with E-state index in [-0.39, 0.29) is 4.90 Å². The summed E-state index contributed by atoms with van der Waals surface area (Å²) in [6.07, 6.45) is 0. The number of primary sulfonamides is 1. The molecule has 3 N–H and O–H groups in total. The molecule has 0 aliphatic rings. The van der Waals surface area contributed by atoms with Crippen LogP contribution in [0.1, 0.15) is 0 Å². The van der Waals surface area contributed by atoms with Crippen molar-refractivity contribution in [3.05, 3.63) is 54.6 Å². The Morgan fingerprint density at radius 2 is 1.68 bits per heavy atom. The van der Waals surface area contributed by atoms with Crippen molar-refractivity contribution < 1.29 is 8.42 Å². The fourth-order valence-corrected chi connectivity index (χ4v) is 2.60. The molecule has 3 aromatic rings. The third-order valence-electron chi connectivity index (χ3n) is 3.01. The van der Waals surface area contributed by atoms with Crippen LogP contribution in [0, 0.1) is 0 Å². The zero-order chi connectivity index (χ0) is 13.5. The minimum absolute atomic E-state index is 0.112. The lowest BCUT2D eigenvalue weighted by Gasteiger charge is -1.97. The maximum atomic E-state index is 11.3. The Morgan fingerprint density at radius 1 is 0.947 bits per heavy atom. The maximum absolute atomic E-state index is 11.3. The van der Waals surface area contributed by atoms with E-state index >= 15 is 0 Å². The van der Waals surface area contributed by atoms with Crippen LogP contribution in [0.2, 0.25) is 0 Å². The highest BCUT2D eigenvalue weighted by atomic mass is 32.2. The van der Waals surface area contributed by atoms with Crippen LogP contribution < -0.4 is 5.14 Å². The van der Waals surface area contributed by atoms with E-state index in [4.69, 9.17) is 5.14 Å². The molecule has 0 aliphatic heterocycles. The zero-order valence-electron chi connectivity index (χ0n) is 10.00. The van der Waals surface area contributed by atoms with E-state index in [1.807, 2.05) is 36.4 Å². The number of nitrogens with one attached hydrogen (secondary N) is 1. The quantitative estimate of drug-likeness (QED) is 0.752. The highest BCUT2D eigenvalue weighted by Gasteiger charge is 2.10. The standard InChI is InChI=1S/C14H12N2O2S/c15-19(17,18)12-7-6-11-8-13(16-14(11)9-12)10-4-2-1-3-5-10/h1-9,16H,(H2,15,17,18). The van der Waals surface area contributed by atoms with Gasteiger partial charge in [0.1, 0.15) is 0 Å². The lowest BCUT2D eigenvalue weighted by atomic mass is 10.1.